The molecule has 2 aromatic rings. The first-order chi connectivity index (χ1) is 8.50. The zero-order chi connectivity index (χ0) is 13.2. The Morgan fingerprint density at radius 1 is 1.28 bits per heavy atom. The molecule has 2 rings (SSSR count). The van der Waals surface area contributed by atoms with Crippen LogP contribution in [0.25, 0.3) is 0 Å². The number of nitrogens with one attached hydrogen (secondary N) is 1. The molecule has 96 valence electrons. The number of hydrogen-bond acceptors (Lipinski definition) is 3. The Hall–Kier alpha value is -1.18. The predicted octanol–water partition coefficient (Wildman–Crippen LogP) is 2.66. The summed E-state index contributed by atoms with van der Waals surface area (Å²) in [7, 11) is -3.93. The Morgan fingerprint density at radius 2 is 2.06 bits per heavy atom. The maximum atomic E-state index is 13.5. The average Bonchev–Trinajstić information content (AvgIpc) is 2.78. The molecule has 0 aliphatic rings. The van der Waals surface area contributed by atoms with Crippen molar-refractivity contribution in [3.8, 4) is 0 Å². The summed E-state index contributed by atoms with van der Waals surface area (Å²) in [4.78, 5) is -0.406. The van der Waals surface area contributed by atoms with E-state index in [0.29, 0.717) is 5.76 Å². The van der Waals surface area contributed by atoms with E-state index in [4.69, 9.17) is 4.42 Å². The molecule has 0 unspecified atom stereocenters. The smallest absolute Gasteiger partial charge is 0.245 e. The first-order valence-electron chi connectivity index (χ1n) is 4.97. The molecule has 0 amide bonds. The molecule has 1 aromatic carbocycles. The third-order valence-electron chi connectivity index (χ3n) is 2.20. The summed E-state index contributed by atoms with van der Waals surface area (Å²) in [6.07, 6.45) is 1.43. The summed E-state index contributed by atoms with van der Waals surface area (Å²) >= 11 is 3.02. The molecule has 1 aromatic heterocycles. The summed E-state index contributed by atoms with van der Waals surface area (Å²) in [5.74, 6) is -0.359. The van der Waals surface area contributed by atoms with E-state index in [9.17, 15) is 12.8 Å². The number of halogens is 2. The van der Waals surface area contributed by atoms with Gasteiger partial charge in [-0.2, -0.15) is 0 Å². The van der Waals surface area contributed by atoms with Crippen LogP contribution >= 0.6 is 15.9 Å². The Kier molecular flexibility index (Phi) is 3.84. The van der Waals surface area contributed by atoms with Gasteiger partial charge < -0.3 is 4.42 Å². The van der Waals surface area contributed by atoms with Gasteiger partial charge in [0.2, 0.25) is 10.0 Å². The van der Waals surface area contributed by atoms with Crippen molar-refractivity contribution >= 4 is 26.0 Å². The van der Waals surface area contributed by atoms with Gasteiger partial charge in [0, 0.05) is 4.47 Å². The summed E-state index contributed by atoms with van der Waals surface area (Å²) in [5, 5.41) is 0. The lowest BCUT2D eigenvalue weighted by Gasteiger charge is -2.08. The summed E-state index contributed by atoms with van der Waals surface area (Å²) < 4.78 is 44.9. The van der Waals surface area contributed by atoms with Crippen LogP contribution in [0, 0.1) is 5.82 Å². The van der Waals surface area contributed by atoms with E-state index in [1.165, 1.54) is 18.4 Å². The number of benzene rings is 1. The summed E-state index contributed by atoms with van der Waals surface area (Å²) in [5.41, 5.74) is 0. The first kappa shape index (κ1) is 13.3. The SMILES string of the molecule is O=S(=O)(NCc1ccco1)c1c(F)cccc1Br. The molecule has 0 saturated carbocycles. The van der Waals surface area contributed by atoms with Gasteiger partial charge in [-0.3, -0.25) is 0 Å². The highest BCUT2D eigenvalue weighted by Crippen LogP contribution is 2.24. The molecule has 7 heteroatoms. The van der Waals surface area contributed by atoms with Crippen molar-refractivity contribution in [1.82, 2.24) is 4.72 Å². The highest BCUT2D eigenvalue weighted by atomic mass is 79.9. The van der Waals surface area contributed by atoms with E-state index >= 15 is 0 Å². The van der Waals surface area contributed by atoms with Crippen LogP contribution in [0.15, 0.2) is 50.4 Å². The van der Waals surface area contributed by atoms with Gasteiger partial charge in [0.1, 0.15) is 16.5 Å². The van der Waals surface area contributed by atoms with Crippen molar-refractivity contribution in [2.75, 3.05) is 0 Å². The Balaban J connectivity index is 2.26. The molecular formula is C11H9BrFNO3S. The van der Waals surface area contributed by atoms with Gasteiger partial charge in [-0.1, -0.05) is 6.07 Å². The van der Waals surface area contributed by atoms with Crippen LogP contribution in [0.4, 0.5) is 4.39 Å². The lowest BCUT2D eigenvalue weighted by atomic mass is 10.3. The Bertz CT molecular complexity index is 620. The van der Waals surface area contributed by atoms with Crippen molar-refractivity contribution in [3.05, 3.63) is 52.6 Å². The molecule has 0 radical (unpaired) electrons. The minimum atomic E-state index is -3.93. The van der Waals surface area contributed by atoms with E-state index in [1.54, 1.807) is 12.1 Å². The highest BCUT2D eigenvalue weighted by Gasteiger charge is 2.22. The summed E-state index contributed by atoms with van der Waals surface area (Å²) in [6, 6.07) is 7.24. The third-order valence-corrected chi connectivity index (χ3v) is 4.60. The zero-order valence-electron chi connectivity index (χ0n) is 9.06. The Labute approximate surface area is 112 Å². The molecule has 4 nitrogen and oxygen atoms in total. The molecule has 0 spiro atoms. The quantitative estimate of drug-likeness (QED) is 0.935. The topological polar surface area (TPSA) is 59.3 Å². The van der Waals surface area contributed by atoms with E-state index in [2.05, 4.69) is 20.7 Å². The minimum Gasteiger partial charge on any atom is -0.468 e. The maximum Gasteiger partial charge on any atom is 0.245 e. The number of hydrogen-bond donors (Lipinski definition) is 1. The fourth-order valence-electron chi connectivity index (χ4n) is 1.39. The molecule has 0 atom stereocenters. The number of furan rings is 1. The second-order valence-electron chi connectivity index (χ2n) is 3.45. The van der Waals surface area contributed by atoms with Crippen LogP contribution in [0.5, 0.6) is 0 Å². The van der Waals surface area contributed by atoms with Crippen molar-refractivity contribution in [3.63, 3.8) is 0 Å². The second-order valence-corrected chi connectivity index (χ2v) is 6.01. The van der Waals surface area contributed by atoms with Gasteiger partial charge in [-0.25, -0.2) is 17.5 Å². The number of sulfonamides is 1. The van der Waals surface area contributed by atoms with Crippen LogP contribution in [0.2, 0.25) is 0 Å². The fraction of sp³-hybridized carbons (Fsp3) is 0.0909. The van der Waals surface area contributed by atoms with Crippen LogP contribution in [-0.4, -0.2) is 8.42 Å². The van der Waals surface area contributed by atoms with E-state index in [-0.39, 0.29) is 11.0 Å². The molecule has 0 fully saturated rings. The van der Waals surface area contributed by atoms with Crippen molar-refractivity contribution in [2.45, 2.75) is 11.4 Å². The molecule has 0 aliphatic heterocycles. The zero-order valence-corrected chi connectivity index (χ0v) is 11.5. The van der Waals surface area contributed by atoms with Crippen molar-refractivity contribution in [1.29, 1.82) is 0 Å². The lowest BCUT2D eigenvalue weighted by molar-refractivity contribution is 0.496. The lowest BCUT2D eigenvalue weighted by Crippen LogP contribution is -2.24. The molecule has 0 bridgehead atoms. The van der Waals surface area contributed by atoms with Gasteiger partial charge in [0.25, 0.3) is 0 Å². The van der Waals surface area contributed by atoms with Gasteiger partial charge in [0.15, 0.2) is 0 Å². The van der Waals surface area contributed by atoms with Crippen LogP contribution in [-0.2, 0) is 16.6 Å². The normalized spacial score (nSPS) is 11.7. The summed E-state index contributed by atoms with van der Waals surface area (Å²) in [6.45, 7) is -0.0316. The van der Waals surface area contributed by atoms with Crippen molar-refractivity contribution in [2.24, 2.45) is 0 Å². The molecule has 0 aliphatic carbocycles. The standard InChI is InChI=1S/C11H9BrFNO3S/c12-9-4-1-5-10(13)11(9)18(15,16)14-7-8-3-2-6-17-8/h1-6,14H,7H2. The number of rotatable bonds is 4. The third kappa shape index (κ3) is 2.80. The maximum absolute atomic E-state index is 13.5. The fourth-order valence-corrected chi connectivity index (χ4v) is 3.50. The van der Waals surface area contributed by atoms with E-state index in [0.717, 1.165) is 6.07 Å². The first-order valence-corrected chi connectivity index (χ1v) is 7.24. The predicted molar refractivity (Wildman–Crippen MR) is 66.8 cm³/mol. The largest absolute Gasteiger partial charge is 0.468 e. The molecular weight excluding hydrogens is 325 g/mol. The molecule has 0 saturated heterocycles. The van der Waals surface area contributed by atoms with Gasteiger partial charge in [-0.05, 0) is 40.2 Å². The van der Waals surface area contributed by atoms with Gasteiger partial charge in [-0.15, -0.1) is 0 Å². The second kappa shape index (κ2) is 5.21. The van der Waals surface area contributed by atoms with Gasteiger partial charge in [0.05, 0.1) is 12.8 Å². The van der Waals surface area contributed by atoms with Crippen molar-refractivity contribution < 1.29 is 17.2 Å². The van der Waals surface area contributed by atoms with Crippen LogP contribution in [0.3, 0.4) is 0 Å². The van der Waals surface area contributed by atoms with Gasteiger partial charge >= 0.3 is 0 Å². The highest BCUT2D eigenvalue weighted by molar-refractivity contribution is 9.10. The van der Waals surface area contributed by atoms with Crippen LogP contribution < -0.4 is 4.72 Å². The molecule has 1 heterocycles. The Morgan fingerprint density at radius 3 is 2.67 bits per heavy atom. The minimum absolute atomic E-state index is 0.0316. The average molecular weight is 334 g/mol. The van der Waals surface area contributed by atoms with E-state index < -0.39 is 20.7 Å². The van der Waals surface area contributed by atoms with E-state index in [1.807, 2.05) is 0 Å². The molecule has 18 heavy (non-hydrogen) atoms. The monoisotopic (exact) mass is 333 g/mol. The van der Waals surface area contributed by atoms with Crippen LogP contribution in [0.1, 0.15) is 5.76 Å². The molecule has 1 N–H and O–H groups in total.